The van der Waals surface area contributed by atoms with E-state index in [0.29, 0.717) is 6.42 Å². The topological polar surface area (TPSA) is 140 Å². The van der Waals surface area contributed by atoms with Gasteiger partial charge in [-0.15, -0.1) is 0 Å². The summed E-state index contributed by atoms with van der Waals surface area (Å²) in [6, 6.07) is 3.43. The van der Waals surface area contributed by atoms with E-state index in [2.05, 4.69) is 4.98 Å². The molecule has 0 amide bonds. The van der Waals surface area contributed by atoms with Crippen molar-refractivity contribution in [2.75, 3.05) is 0 Å². The minimum absolute atomic E-state index is 0.170. The Morgan fingerprint density at radius 2 is 2.04 bits per heavy atom. The van der Waals surface area contributed by atoms with Crippen molar-refractivity contribution in [1.29, 1.82) is 0 Å². The number of primary sulfonamides is 1. The van der Waals surface area contributed by atoms with Crippen LogP contribution in [0.5, 0.6) is 0 Å². The van der Waals surface area contributed by atoms with Gasteiger partial charge in [-0.05, 0) is 31.5 Å². The van der Waals surface area contributed by atoms with E-state index in [1.165, 1.54) is 6.07 Å². The van der Waals surface area contributed by atoms with E-state index in [1.54, 1.807) is 13.8 Å². The summed E-state index contributed by atoms with van der Waals surface area (Å²) in [5.41, 5.74) is -0.624. The molecule has 0 spiro atoms. The SMILES string of the molecule is CCC(C)OP(=O)(O)c1cc2cc(S(N)(=O)=O)c(Cl)cc2[nH]c1=O. The zero-order valence-corrected chi connectivity index (χ0v) is 15.3. The number of halogens is 1. The van der Waals surface area contributed by atoms with Gasteiger partial charge >= 0.3 is 7.60 Å². The van der Waals surface area contributed by atoms with E-state index in [4.69, 9.17) is 21.3 Å². The second-order valence-electron chi connectivity index (χ2n) is 5.24. The van der Waals surface area contributed by atoms with Gasteiger partial charge in [0.15, 0.2) is 0 Å². The Hall–Kier alpha value is -1.22. The van der Waals surface area contributed by atoms with Crippen molar-refractivity contribution in [2.24, 2.45) is 5.14 Å². The van der Waals surface area contributed by atoms with Crippen LogP contribution in [0.4, 0.5) is 0 Å². The number of hydrogen-bond acceptors (Lipinski definition) is 5. The van der Waals surface area contributed by atoms with Gasteiger partial charge in [-0.25, -0.2) is 13.6 Å². The highest BCUT2D eigenvalue weighted by Crippen LogP contribution is 2.42. The van der Waals surface area contributed by atoms with Crippen molar-refractivity contribution >= 4 is 45.4 Å². The maximum Gasteiger partial charge on any atom is 0.364 e. The fourth-order valence-electron chi connectivity index (χ4n) is 2.00. The molecule has 1 aromatic carbocycles. The summed E-state index contributed by atoms with van der Waals surface area (Å²) in [6.45, 7) is 3.35. The van der Waals surface area contributed by atoms with Crippen LogP contribution in [-0.2, 0) is 19.1 Å². The molecule has 0 saturated heterocycles. The van der Waals surface area contributed by atoms with E-state index >= 15 is 0 Å². The summed E-state index contributed by atoms with van der Waals surface area (Å²) in [4.78, 5) is 24.2. The van der Waals surface area contributed by atoms with Crippen LogP contribution < -0.4 is 16.0 Å². The fourth-order valence-corrected chi connectivity index (χ4v) is 4.47. The number of sulfonamides is 1. The number of H-pyrrole nitrogens is 1. The van der Waals surface area contributed by atoms with Gasteiger partial charge in [-0.1, -0.05) is 18.5 Å². The standard InChI is InChI=1S/C13H16ClN2O6PS/c1-3-7(2)22-23(18,19)11-4-8-5-12(24(15,20)21)9(14)6-10(8)16-13(11)17/h4-7H,3H2,1-2H3,(H,16,17)(H,18,19)(H2,15,20,21). The van der Waals surface area contributed by atoms with Gasteiger partial charge in [0.2, 0.25) is 10.0 Å². The molecule has 0 saturated carbocycles. The minimum atomic E-state index is -4.38. The van der Waals surface area contributed by atoms with Crippen molar-refractivity contribution in [3.05, 3.63) is 33.6 Å². The molecular weight excluding hydrogens is 379 g/mol. The molecule has 2 atom stereocenters. The van der Waals surface area contributed by atoms with Crippen LogP contribution in [-0.4, -0.2) is 24.4 Å². The van der Waals surface area contributed by atoms with Crippen LogP contribution in [0, 0.1) is 0 Å². The van der Waals surface area contributed by atoms with Crippen molar-refractivity contribution in [2.45, 2.75) is 31.3 Å². The monoisotopic (exact) mass is 394 g/mol. The summed E-state index contributed by atoms with van der Waals surface area (Å²) in [6.07, 6.45) is -0.0672. The van der Waals surface area contributed by atoms with Gasteiger partial charge < -0.3 is 14.4 Å². The number of benzene rings is 1. The maximum atomic E-state index is 12.3. The molecule has 8 nitrogen and oxygen atoms in total. The third-order valence-corrected chi connectivity index (χ3v) is 6.35. The molecule has 132 valence electrons. The Balaban J connectivity index is 2.70. The van der Waals surface area contributed by atoms with Gasteiger partial charge in [-0.2, -0.15) is 0 Å². The number of rotatable bonds is 5. The molecule has 0 fully saturated rings. The van der Waals surface area contributed by atoms with Crippen LogP contribution in [0.1, 0.15) is 20.3 Å². The highest BCUT2D eigenvalue weighted by atomic mass is 35.5. The lowest BCUT2D eigenvalue weighted by Crippen LogP contribution is -2.29. The summed E-state index contributed by atoms with van der Waals surface area (Å²) in [5, 5.41) is 4.60. The molecule has 0 aliphatic carbocycles. The third kappa shape index (κ3) is 3.88. The molecular formula is C13H16ClN2O6PS. The predicted octanol–water partition coefficient (Wildman–Crippen LogP) is 1.45. The first-order chi connectivity index (χ1) is 11.0. The van der Waals surface area contributed by atoms with Crippen molar-refractivity contribution in [3.8, 4) is 0 Å². The molecule has 0 bridgehead atoms. The summed E-state index contributed by atoms with van der Waals surface area (Å²) in [5.74, 6) is 0. The number of nitrogens with two attached hydrogens (primary N) is 1. The van der Waals surface area contributed by atoms with Crippen LogP contribution in [0.15, 0.2) is 27.9 Å². The Morgan fingerprint density at radius 1 is 1.42 bits per heavy atom. The molecule has 1 heterocycles. The van der Waals surface area contributed by atoms with Crippen LogP contribution in [0.25, 0.3) is 10.9 Å². The second kappa shape index (κ2) is 6.59. The minimum Gasteiger partial charge on any atom is -0.321 e. The largest absolute Gasteiger partial charge is 0.364 e. The lowest BCUT2D eigenvalue weighted by molar-refractivity contribution is 0.192. The van der Waals surface area contributed by atoms with Crippen molar-refractivity contribution < 1.29 is 22.4 Å². The van der Waals surface area contributed by atoms with Gasteiger partial charge in [0.05, 0.1) is 11.1 Å². The smallest absolute Gasteiger partial charge is 0.321 e. The quantitative estimate of drug-likeness (QED) is 0.656. The van der Waals surface area contributed by atoms with Crippen LogP contribution in [0.2, 0.25) is 5.02 Å². The molecule has 0 aliphatic rings. The molecule has 2 aromatic rings. The summed E-state index contributed by atoms with van der Waals surface area (Å²) >= 11 is 5.85. The number of aromatic amines is 1. The third-order valence-electron chi connectivity index (χ3n) is 3.39. The van der Waals surface area contributed by atoms with E-state index < -0.39 is 34.6 Å². The Kier molecular flexibility index (Phi) is 5.25. The molecule has 0 radical (unpaired) electrons. The average molecular weight is 395 g/mol. The normalized spacial score (nSPS) is 16.0. The average Bonchev–Trinajstić information content (AvgIpc) is 2.43. The second-order valence-corrected chi connectivity index (χ2v) is 8.91. The Bertz CT molecular complexity index is 1000. The van der Waals surface area contributed by atoms with Crippen molar-refractivity contribution in [3.63, 3.8) is 0 Å². The van der Waals surface area contributed by atoms with E-state index in [0.717, 1.165) is 12.1 Å². The molecule has 2 rings (SSSR count). The first kappa shape index (κ1) is 19.1. The number of pyridine rings is 1. The van der Waals surface area contributed by atoms with Crippen LogP contribution >= 0.6 is 19.2 Å². The number of fused-ring (bicyclic) bond motifs is 1. The molecule has 2 unspecified atom stereocenters. The van der Waals surface area contributed by atoms with Crippen molar-refractivity contribution in [1.82, 2.24) is 4.98 Å². The summed E-state index contributed by atoms with van der Waals surface area (Å²) in [7, 11) is -8.48. The zero-order valence-electron chi connectivity index (χ0n) is 12.8. The molecule has 1 aromatic heterocycles. The number of nitrogens with one attached hydrogen (secondary N) is 1. The lowest BCUT2D eigenvalue weighted by Gasteiger charge is -2.16. The highest BCUT2D eigenvalue weighted by molar-refractivity contribution is 7.89. The first-order valence-corrected chi connectivity index (χ1v) is 10.4. The fraction of sp³-hybridized carbons (Fsp3) is 0.308. The molecule has 0 aliphatic heterocycles. The molecule has 4 N–H and O–H groups in total. The summed E-state index contributed by atoms with van der Waals surface area (Å²) < 4.78 is 40.4. The van der Waals surface area contributed by atoms with E-state index in [-0.39, 0.29) is 20.8 Å². The molecule has 11 heteroatoms. The lowest BCUT2D eigenvalue weighted by atomic mass is 10.2. The Labute approximate surface area is 143 Å². The van der Waals surface area contributed by atoms with Crippen LogP contribution in [0.3, 0.4) is 0 Å². The maximum absolute atomic E-state index is 12.3. The first-order valence-electron chi connectivity index (χ1n) is 6.87. The Morgan fingerprint density at radius 3 is 2.58 bits per heavy atom. The zero-order chi connectivity index (χ0) is 18.3. The van der Waals surface area contributed by atoms with Gasteiger partial charge in [0, 0.05) is 10.9 Å². The van der Waals surface area contributed by atoms with Gasteiger partial charge in [0.1, 0.15) is 10.2 Å². The van der Waals surface area contributed by atoms with Gasteiger partial charge in [-0.3, -0.25) is 9.36 Å². The number of hydrogen-bond donors (Lipinski definition) is 3. The van der Waals surface area contributed by atoms with E-state index in [1.807, 2.05) is 0 Å². The predicted molar refractivity (Wildman–Crippen MR) is 91.2 cm³/mol. The van der Waals surface area contributed by atoms with E-state index in [9.17, 15) is 22.7 Å². The van der Waals surface area contributed by atoms with Gasteiger partial charge in [0.25, 0.3) is 5.56 Å². The molecule has 24 heavy (non-hydrogen) atoms. The highest BCUT2D eigenvalue weighted by Gasteiger charge is 2.29. The number of aromatic nitrogens is 1.